The Morgan fingerprint density at radius 3 is 2.32 bits per heavy atom. The minimum atomic E-state index is -0.336. The molecule has 3 aromatic rings. The van der Waals surface area contributed by atoms with Gasteiger partial charge in [-0.05, 0) is 72.6 Å². The zero-order chi connectivity index (χ0) is 19.8. The number of amides is 2. The van der Waals surface area contributed by atoms with Gasteiger partial charge in [0.15, 0.2) is 0 Å². The molecular formula is C22H18FN3O2. The lowest BCUT2D eigenvalue weighted by Gasteiger charge is -2.09. The van der Waals surface area contributed by atoms with Crippen molar-refractivity contribution in [1.82, 2.24) is 5.32 Å². The molecule has 5 nitrogen and oxygen atoms in total. The Labute approximate surface area is 162 Å². The Hall–Kier alpha value is -3.85. The van der Waals surface area contributed by atoms with Crippen molar-refractivity contribution >= 4 is 11.7 Å². The molecule has 0 aromatic heterocycles. The summed E-state index contributed by atoms with van der Waals surface area (Å²) in [5, 5.41) is 14.3. The molecular weight excluding hydrogens is 357 g/mol. The minimum absolute atomic E-state index is 0.287. The van der Waals surface area contributed by atoms with Gasteiger partial charge in [0, 0.05) is 12.2 Å². The maximum absolute atomic E-state index is 13.1. The molecule has 3 rings (SSSR count). The van der Waals surface area contributed by atoms with E-state index in [0.717, 1.165) is 5.56 Å². The molecule has 0 saturated heterocycles. The Morgan fingerprint density at radius 1 is 1.00 bits per heavy atom. The van der Waals surface area contributed by atoms with Crippen molar-refractivity contribution in [3.8, 4) is 17.6 Å². The fraction of sp³-hybridized carbons (Fsp3) is 0.0909. The number of carbonyl (C=O) groups is 1. The Kier molecular flexibility index (Phi) is 6.21. The highest BCUT2D eigenvalue weighted by Crippen LogP contribution is 2.23. The van der Waals surface area contributed by atoms with Crippen LogP contribution in [0.3, 0.4) is 0 Å². The molecule has 140 valence electrons. The number of urea groups is 1. The number of ether oxygens (including phenoxy) is 1. The van der Waals surface area contributed by atoms with Gasteiger partial charge in [-0.2, -0.15) is 5.26 Å². The molecule has 0 bridgehead atoms. The van der Waals surface area contributed by atoms with Crippen molar-refractivity contribution in [2.75, 3.05) is 11.9 Å². The first-order valence-corrected chi connectivity index (χ1v) is 8.70. The molecule has 2 N–H and O–H groups in total. The lowest BCUT2D eigenvalue weighted by molar-refractivity contribution is 0.252. The van der Waals surface area contributed by atoms with E-state index in [0.29, 0.717) is 35.7 Å². The van der Waals surface area contributed by atoms with E-state index >= 15 is 0 Å². The molecule has 2 amide bonds. The average molecular weight is 375 g/mol. The lowest BCUT2D eigenvalue weighted by Crippen LogP contribution is -2.30. The number of nitrogens with zero attached hydrogens (tertiary/aromatic N) is 1. The summed E-state index contributed by atoms with van der Waals surface area (Å²) in [5.41, 5.74) is 2.01. The number of anilines is 1. The first-order valence-electron chi connectivity index (χ1n) is 8.70. The van der Waals surface area contributed by atoms with E-state index in [9.17, 15) is 9.18 Å². The van der Waals surface area contributed by atoms with Crippen LogP contribution in [0.2, 0.25) is 0 Å². The summed E-state index contributed by atoms with van der Waals surface area (Å²) in [4.78, 5) is 12.0. The van der Waals surface area contributed by atoms with Gasteiger partial charge in [0.05, 0.1) is 11.6 Å². The molecule has 0 aliphatic heterocycles. The third-order valence-electron chi connectivity index (χ3n) is 3.92. The van der Waals surface area contributed by atoms with E-state index in [2.05, 4.69) is 16.7 Å². The molecule has 0 saturated carbocycles. The molecule has 0 radical (unpaired) electrons. The van der Waals surface area contributed by atoms with E-state index in [1.54, 1.807) is 54.6 Å². The van der Waals surface area contributed by atoms with Crippen molar-refractivity contribution in [3.63, 3.8) is 0 Å². The van der Waals surface area contributed by atoms with Gasteiger partial charge < -0.3 is 15.4 Å². The van der Waals surface area contributed by atoms with Gasteiger partial charge in [-0.3, -0.25) is 0 Å². The first-order chi connectivity index (χ1) is 13.6. The van der Waals surface area contributed by atoms with Crippen LogP contribution in [0, 0.1) is 17.1 Å². The highest BCUT2D eigenvalue weighted by Gasteiger charge is 2.03. The van der Waals surface area contributed by atoms with Gasteiger partial charge in [-0.15, -0.1) is 0 Å². The average Bonchev–Trinajstić information content (AvgIpc) is 2.70. The summed E-state index contributed by atoms with van der Waals surface area (Å²) in [6, 6.07) is 21.7. The van der Waals surface area contributed by atoms with Crippen LogP contribution in [0.1, 0.15) is 11.1 Å². The Bertz CT molecular complexity index is 980. The number of rotatable bonds is 6. The third kappa shape index (κ3) is 5.58. The van der Waals surface area contributed by atoms with Crippen molar-refractivity contribution in [2.24, 2.45) is 0 Å². The van der Waals surface area contributed by atoms with Crippen molar-refractivity contribution < 1.29 is 13.9 Å². The predicted octanol–water partition coefficient (Wildman–Crippen LogP) is 4.85. The second kappa shape index (κ2) is 9.19. The maximum Gasteiger partial charge on any atom is 0.319 e. The molecule has 0 aliphatic carbocycles. The number of carbonyl (C=O) groups excluding carboxylic acids is 1. The molecule has 0 unspecified atom stereocenters. The largest absolute Gasteiger partial charge is 0.457 e. The Morgan fingerprint density at radius 2 is 1.68 bits per heavy atom. The molecule has 0 fully saturated rings. The van der Waals surface area contributed by atoms with E-state index < -0.39 is 0 Å². The van der Waals surface area contributed by atoms with E-state index in [-0.39, 0.29) is 11.8 Å². The maximum atomic E-state index is 13.1. The fourth-order valence-corrected chi connectivity index (χ4v) is 2.53. The van der Waals surface area contributed by atoms with Crippen molar-refractivity contribution in [2.45, 2.75) is 6.42 Å². The second-order valence-corrected chi connectivity index (χ2v) is 6.02. The molecule has 0 heterocycles. The van der Waals surface area contributed by atoms with Crippen molar-refractivity contribution in [1.29, 1.82) is 5.26 Å². The van der Waals surface area contributed by atoms with Crippen LogP contribution < -0.4 is 15.4 Å². The van der Waals surface area contributed by atoms with Crippen LogP contribution in [0.25, 0.3) is 0 Å². The summed E-state index contributed by atoms with van der Waals surface area (Å²) in [6.45, 7) is 0.398. The number of halogens is 1. The van der Waals surface area contributed by atoms with Crippen LogP contribution in [-0.4, -0.2) is 12.6 Å². The topological polar surface area (TPSA) is 74.1 Å². The zero-order valence-corrected chi connectivity index (χ0v) is 15.0. The summed E-state index contributed by atoms with van der Waals surface area (Å²) in [5.74, 6) is 0.946. The molecule has 0 atom stereocenters. The quantitative estimate of drug-likeness (QED) is 0.646. The monoisotopic (exact) mass is 375 g/mol. The number of nitrogens with one attached hydrogen (secondary N) is 2. The number of nitriles is 1. The zero-order valence-electron chi connectivity index (χ0n) is 15.0. The Balaban J connectivity index is 1.46. The lowest BCUT2D eigenvalue weighted by atomic mass is 10.1. The van der Waals surface area contributed by atoms with Crippen LogP contribution in [0.15, 0.2) is 72.8 Å². The smallest absolute Gasteiger partial charge is 0.319 e. The molecule has 28 heavy (non-hydrogen) atoms. The van der Waals surface area contributed by atoms with Gasteiger partial charge >= 0.3 is 6.03 Å². The van der Waals surface area contributed by atoms with Gasteiger partial charge in [-0.25, -0.2) is 9.18 Å². The SMILES string of the molecule is N#Cc1ccc(Oc2ccc(NC(=O)NCCc3cccc(F)c3)cc2)cc1. The van der Waals surface area contributed by atoms with Crippen LogP contribution in [0.4, 0.5) is 14.9 Å². The molecule has 6 heteroatoms. The first kappa shape index (κ1) is 18.9. The van der Waals surface area contributed by atoms with E-state index in [1.165, 1.54) is 12.1 Å². The van der Waals surface area contributed by atoms with E-state index in [4.69, 9.17) is 10.00 Å². The van der Waals surface area contributed by atoms with Gasteiger partial charge in [0.25, 0.3) is 0 Å². The summed E-state index contributed by atoms with van der Waals surface area (Å²) in [6.07, 6.45) is 0.544. The number of hydrogen-bond acceptors (Lipinski definition) is 3. The molecule has 0 aliphatic rings. The van der Waals surface area contributed by atoms with Gasteiger partial charge in [-0.1, -0.05) is 12.1 Å². The third-order valence-corrected chi connectivity index (χ3v) is 3.92. The highest BCUT2D eigenvalue weighted by atomic mass is 19.1. The number of benzene rings is 3. The van der Waals surface area contributed by atoms with Crippen molar-refractivity contribution in [3.05, 3.63) is 89.7 Å². The molecule has 0 spiro atoms. The van der Waals surface area contributed by atoms with E-state index in [1.807, 2.05) is 6.07 Å². The fourth-order valence-electron chi connectivity index (χ4n) is 2.53. The van der Waals surface area contributed by atoms with Gasteiger partial charge in [0.1, 0.15) is 17.3 Å². The second-order valence-electron chi connectivity index (χ2n) is 6.02. The minimum Gasteiger partial charge on any atom is -0.457 e. The van der Waals surface area contributed by atoms with Crippen LogP contribution in [-0.2, 0) is 6.42 Å². The number of hydrogen-bond donors (Lipinski definition) is 2. The normalized spacial score (nSPS) is 10.0. The predicted molar refractivity (Wildman–Crippen MR) is 105 cm³/mol. The van der Waals surface area contributed by atoms with Crippen LogP contribution in [0.5, 0.6) is 11.5 Å². The molecule has 3 aromatic carbocycles. The highest BCUT2D eigenvalue weighted by molar-refractivity contribution is 5.89. The van der Waals surface area contributed by atoms with Crippen LogP contribution >= 0.6 is 0 Å². The summed E-state index contributed by atoms with van der Waals surface area (Å²) < 4.78 is 18.8. The van der Waals surface area contributed by atoms with Gasteiger partial charge in [0.2, 0.25) is 0 Å². The summed E-state index contributed by atoms with van der Waals surface area (Å²) in [7, 11) is 0. The summed E-state index contributed by atoms with van der Waals surface area (Å²) >= 11 is 0. The standard InChI is InChI=1S/C22H18FN3O2/c23-18-3-1-2-16(14-18)12-13-25-22(27)26-19-6-10-21(11-7-19)28-20-8-4-17(15-24)5-9-20/h1-11,14H,12-13H2,(H2,25,26,27).